The number of ether oxygens (including phenoxy) is 1. The van der Waals surface area contributed by atoms with Gasteiger partial charge in [-0.25, -0.2) is 4.83 Å². The minimum atomic E-state index is -3.73. The zero-order chi connectivity index (χ0) is 16.2. The number of halogens is 1. The second kappa shape index (κ2) is 6.80. The third-order valence-electron chi connectivity index (χ3n) is 2.71. The number of hydrogen-bond acceptors (Lipinski definition) is 5. The van der Waals surface area contributed by atoms with E-state index in [1.807, 2.05) is 0 Å². The normalized spacial score (nSPS) is 11.5. The standard InChI is InChI=1S/C14H13BrN2O4S/c1-21-14-7-2-10(8-13(14)18)9-16-17-22(19,20)12-5-3-11(15)4-6-12/h2-9,17-18H,1H3. The summed E-state index contributed by atoms with van der Waals surface area (Å²) in [5.74, 6) is 0.273. The van der Waals surface area contributed by atoms with Crippen molar-refractivity contribution in [1.82, 2.24) is 4.83 Å². The lowest BCUT2D eigenvalue weighted by Gasteiger charge is -2.04. The van der Waals surface area contributed by atoms with Gasteiger partial charge in [0.05, 0.1) is 18.2 Å². The van der Waals surface area contributed by atoms with Crippen molar-refractivity contribution in [2.45, 2.75) is 4.90 Å². The molecule has 2 aromatic carbocycles. The number of sulfonamides is 1. The Bertz CT molecular complexity index is 789. The summed E-state index contributed by atoms with van der Waals surface area (Å²) in [6.45, 7) is 0. The van der Waals surface area contributed by atoms with Crippen LogP contribution in [-0.4, -0.2) is 26.8 Å². The van der Waals surface area contributed by atoms with Crippen molar-refractivity contribution in [1.29, 1.82) is 0 Å². The Morgan fingerprint density at radius 2 is 1.91 bits per heavy atom. The lowest BCUT2D eigenvalue weighted by Crippen LogP contribution is -2.18. The van der Waals surface area contributed by atoms with Crippen molar-refractivity contribution in [2.75, 3.05) is 7.11 Å². The number of nitrogens with zero attached hydrogens (tertiary/aromatic N) is 1. The van der Waals surface area contributed by atoms with E-state index in [2.05, 4.69) is 25.9 Å². The molecule has 0 saturated carbocycles. The van der Waals surface area contributed by atoms with Crippen molar-refractivity contribution in [3.05, 3.63) is 52.5 Å². The van der Waals surface area contributed by atoms with Crippen molar-refractivity contribution in [2.24, 2.45) is 5.10 Å². The van der Waals surface area contributed by atoms with Gasteiger partial charge in [-0.2, -0.15) is 13.5 Å². The molecule has 0 aliphatic rings. The van der Waals surface area contributed by atoms with E-state index in [9.17, 15) is 13.5 Å². The van der Waals surface area contributed by atoms with E-state index in [0.29, 0.717) is 11.3 Å². The molecule has 0 atom stereocenters. The molecule has 0 amide bonds. The maximum absolute atomic E-state index is 12.0. The molecule has 0 unspecified atom stereocenters. The van der Waals surface area contributed by atoms with E-state index in [1.165, 1.54) is 31.5 Å². The van der Waals surface area contributed by atoms with Crippen LogP contribution in [0.1, 0.15) is 5.56 Å². The van der Waals surface area contributed by atoms with Crippen molar-refractivity contribution in [3.63, 3.8) is 0 Å². The molecule has 0 aliphatic heterocycles. The molecule has 22 heavy (non-hydrogen) atoms. The molecule has 0 bridgehead atoms. The molecular formula is C14H13BrN2O4S. The van der Waals surface area contributed by atoms with Crippen LogP contribution in [0.2, 0.25) is 0 Å². The number of benzene rings is 2. The molecule has 0 aromatic heterocycles. The zero-order valence-corrected chi connectivity index (χ0v) is 13.9. The maximum atomic E-state index is 12.0. The van der Waals surface area contributed by atoms with Gasteiger partial charge in [-0.3, -0.25) is 0 Å². The topological polar surface area (TPSA) is 88.0 Å². The van der Waals surface area contributed by atoms with Crippen LogP contribution in [0.25, 0.3) is 0 Å². The molecule has 0 spiro atoms. The van der Waals surface area contributed by atoms with E-state index in [1.54, 1.807) is 24.3 Å². The van der Waals surface area contributed by atoms with Crippen LogP contribution in [-0.2, 0) is 10.0 Å². The number of phenols is 1. The van der Waals surface area contributed by atoms with E-state index in [4.69, 9.17) is 4.74 Å². The first-order chi connectivity index (χ1) is 10.4. The van der Waals surface area contributed by atoms with Crippen molar-refractivity contribution < 1.29 is 18.3 Å². The van der Waals surface area contributed by atoms with Crippen LogP contribution >= 0.6 is 15.9 Å². The Hall–Kier alpha value is -2.06. The number of hydrogen-bond donors (Lipinski definition) is 2. The zero-order valence-electron chi connectivity index (χ0n) is 11.5. The third-order valence-corrected chi connectivity index (χ3v) is 4.48. The van der Waals surface area contributed by atoms with Gasteiger partial charge < -0.3 is 9.84 Å². The minimum absolute atomic E-state index is 0.0535. The molecule has 0 saturated heterocycles. The van der Waals surface area contributed by atoms with Gasteiger partial charge in [0.15, 0.2) is 11.5 Å². The summed E-state index contributed by atoms with van der Waals surface area (Å²) in [5.41, 5.74) is 0.525. The average molecular weight is 385 g/mol. The van der Waals surface area contributed by atoms with Gasteiger partial charge in [-0.1, -0.05) is 15.9 Å². The number of aromatic hydroxyl groups is 1. The summed E-state index contributed by atoms with van der Waals surface area (Å²) in [4.78, 5) is 2.21. The number of methoxy groups -OCH3 is 1. The molecule has 0 heterocycles. The first kappa shape index (κ1) is 16.3. The van der Waals surface area contributed by atoms with Gasteiger partial charge in [-0.05, 0) is 48.0 Å². The SMILES string of the molecule is COc1ccc(C=NNS(=O)(=O)c2ccc(Br)cc2)cc1O. The smallest absolute Gasteiger partial charge is 0.276 e. The van der Waals surface area contributed by atoms with Crippen LogP contribution < -0.4 is 9.57 Å². The molecule has 2 rings (SSSR count). The molecule has 8 heteroatoms. The van der Waals surface area contributed by atoms with Crippen molar-refractivity contribution in [3.8, 4) is 11.5 Å². The molecule has 2 N–H and O–H groups in total. The Labute approximate surface area is 136 Å². The van der Waals surface area contributed by atoms with Crippen LogP contribution in [0.5, 0.6) is 11.5 Å². The number of rotatable bonds is 5. The predicted octanol–water partition coefficient (Wildman–Crippen LogP) is 2.48. The quantitative estimate of drug-likeness (QED) is 0.612. The van der Waals surface area contributed by atoms with Crippen molar-refractivity contribution >= 4 is 32.2 Å². The Balaban J connectivity index is 2.11. The van der Waals surface area contributed by atoms with Gasteiger partial charge in [-0.15, -0.1) is 0 Å². The van der Waals surface area contributed by atoms with Crippen LogP contribution in [0.15, 0.2) is 56.9 Å². The Morgan fingerprint density at radius 3 is 2.50 bits per heavy atom. The van der Waals surface area contributed by atoms with Crippen LogP contribution in [0.4, 0.5) is 0 Å². The van der Waals surface area contributed by atoms with Gasteiger partial charge in [0.1, 0.15) is 0 Å². The molecular weight excluding hydrogens is 372 g/mol. The van der Waals surface area contributed by atoms with Gasteiger partial charge in [0, 0.05) is 4.47 Å². The largest absolute Gasteiger partial charge is 0.504 e. The number of hydrazone groups is 1. The lowest BCUT2D eigenvalue weighted by atomic mass is 10.2. The molecule has 6 nitrogen and oxygen atoms in total. The van der Waals surface area contributed by atoms with Gasteiger partial charge in [0.2, 0.25) is 0 Å². The highest BCUT2D eigenvalue weighted by atomic mass is 79.9. The van der Waals surface area contributed by atoms with Crippen LogP contribution in [0.3, 0.4) is 0 Å². The van der Waals surface area contributed by atoms with E-state index >= 15 is 0 Å². The fourth-order valence-corrected chi connectivity index (χ4v) is 2.68. The third kappa shape index (κ3) is 3.99. The predicted molar refractivity (Wildman–Crippen MR) is 86.7 cm³/mol. The highest BCUT2D eigenvalue weighted by molar-refractivity contribution is 9.10. The fraction of sp³-hybridized carbons (Fsp3) is 0.0714. The summed E-state index contributed by atoms with van der Waals surface area (Å²) in [6, 6.07) is 10.8. The number of phenolic OH excluding ortho intramolecular Hbond substituents is 1. The summed E-state index contributed by atoms with van der Waals surface area (Å²) in [7, 11) is -2.29. The van der Waals surface area contributed by atoms with E-state index in [-0.39, 0.29) is 10.6 Å². The highest BCUT2D eigenvalue weighted by Crippen LogP contribution is 2.25. The molecule has 2 aromatic rings. The molecule has 0 aliphatic carbocycles. The van der Waals surface area contributed by atoms with E-state index in [0.717, 1.165) is 4.47 Å². The maximum Gasteiger partial charge on any atom is 0.276 e. The van der Waals surface area contributed by atoms with E-state index < -0.39 is 10.0 Å². The first-order valence-corrected chi connectivity index (χ1v) is 8.37. The summed E-state index contributed by atoms with van der Waals surface area (Å²) < 4.78 is 29.7. The Morgan fingerprint density at radius 1 is 1.23 bits per heavy atom. The molecule has 0 radical (unpaired) electrons. The fourth-order valence-electron chi connectivity index (χ4n) is 1.62. The molecule has 116 valence electrons. The van der Waals surface area contributed by atoms with Gasteiger partial charge >= 0.3 is 0 Å². The average Bonchev–Trinajstić information content (AvgIpc) is 2.48. The lowest BCUT2D eigenvalue weighted by molar-refractivity contribution is 0.373. The summed E-state index contributed by atoms with van der Waals surface area (Å²) >= 11 is 3.24. The second-order valence-electron chi connectivity index (χ2n) is 4.24. The molecule has 0 fully saturated rings. The summed E-state index contributed by atoms with van der Waals surface area (Å²) in [5, 5.41) is 13.3. The first-order valence-electron chi connectivity index (χ1n) is 6.10. The summed E-state index contributed by atoms with van der Waals surface area (Å²) in [6.07, 6.45) is 1.29. The second-order valence-corrected chi connectivity index (χ2v) is 6.81. The number of nitrogens with one attached hydrogen (secondary N) is 1. The van der Waals surface area contributed by atoms with Crippen LogP contribution in [0, 0.1) is 0 Å². The Kier molecular flexibility index (Phi) is 5.04. The minimum Gasteiger partial charge on any atom is -0.504 e. The highest BCUT2D eigenvalue weighted by Gasteiger charge is 2.11. The van der Waals surface area contributed by atoms with Gasteiger partial charge in [0.25, 0.3) is 10.0 Å². The monoisotopic (exact) mass is 384 g/mol.